The van der Waals surface area contributed by atoms with E-state index < -0.39 is 20.9 Å². The zero-order chi connectivity index (χ0) is 17.2. The summed E-state index contributed by atoms with van der Waals surface area (Å²) in [7, 11) is -3.67. The maximum Gasteiger partial charge on any atom is 0.276 e. The number of benzene rings is 1. The number of rotatable bonds is 4. The second-order valence-corrected chi connectivity index (χ2v) is 7.75. The maximum atomic E-state index is 12.3. The van der Waals surface area contributed by atoms with Gasteiger partial charge in [0.05, 0.1) is 27.7 Å². The van der Waals surface area contributed by atoms with Gasteiger partial charge in [0.2, 0.25) is 15.0 Å². The molecular weight excluding hydrogens is 385 g/mol. The molecule has 1 aromatic heterocycles. The number of hydrogen-bond acceptors (Lipinski definition) is 5. The van der Waals surface area contributed by atoms with Gasteiger partial charge in [-0.1, -0.05) is 41.7 Å². The molecular formula is C13H10Cl3N3O3S. The number of nitrogens with zero attached hydrogens (tertiary/aromatic N) is 2. The summed E-state index contributed by atoms with van der Waals surface area (Å²) < 4.78 is 23.6. The normalized spacial score (nSPS) is 11.3. The van der Waals surface area contributed by atoms with Gasteiger partial charge < -0.3 is 5.32 Å². The minimum atomic E-state index is -3.67. The maximum absolute atomic E-state index is 12.3. The number of aromatic nitrogens is 2. The average molecular weight is 395 g/mol. The molecule has 0 spiro atoms. The summed E-state index contributed by atoms with van der Waals surface area (Å²) in [5.74, 6) is -0.926. The van der Waals surface area contributed by atoms with Crippen LogP contribution in [0.15, 0.2) is 29.6 Å². The SMILES string of the molecule is CCS(=O)(=O)c1ncc(Cl)c(C(=O)Nc2cc(Cl)ccc2Cl)n1. The molecule has 0 atom stereocenters. The highest BCUT2D eigenvalue weighted by atomic mass is 35.5. The van der Waals surface area contributed by atoms with Crippen LogP contribution in [0.5, 0.6) is 0 Å². The molecule has 0 saturated heterocycles. The Labute approximate surface area is 147 Å². The number of amides is 1. The Morgan fingerprint density at radius 2 is 1.91 bits per heavy atom. The second kappa shape index (κ2) is 7.00. The smallest absolute Gasteiger partial charge is 0.276 e. The van der Waals surface area contributed by atoms with Crippen LogP contribution >= 0.6 is 34.8 Å². The van der Waals surface area contributed by atoms with Crippen molar-refractivity contribution in [1.29, 1.82) is 0 Å². The molecule has 1 amide bonds. The summed E-state index contributed by atoms with van der Waals surface area (Å²) in [5, 5.41) is 2.55. The minimum Gasteiger partial charge on any atom is -0.319 e. The van der Waals surface area contributed by atoms with E-state index in [0.717, 1.165) is 6.20 Å². The zero-order valence-electron chi connectivity index (χ0n) is 11.7. The van der Waals surface area contributed by atoms with E-state index in [1.54, 1.807) is 6.07 Å². The number of nitrogens with one attached hydrogen (secondary N) is 1. The highest BCUT2D eigenvalue weighted by Crippen LogP contribution is 2.26. The lowest BCUT2D eigenvalue weighted by atomic mass is 10.3. The van der Waals surface area contributed by atoms with Gasteiger partial charge in [0.25, 0.3) is 5.91 Å². The van der Waals surface area contributed by atoms with Crippen LogP contribution in [0.25, 0.3) is 0 Å². The Morgan fingerprint density at radius 1 is 1.22 bits per heavy atom. The average Bonchev–Trinajstić information content (AvgIpc) is 2.51. The van der Waals surface area contributed by atoms with Crippen molar-refractivity contribution in [2.45, 2.75) is 12.1 Å². The number of carbonyl (C=O) groups excluding carboxylic acids is 1. The molecule has 0 bridgehead atoms. The van der Waals surface area contributed by atoms with Crippen LogP contribution in [0.4, 0.5) is 5.69 Å². The predicted molar refractivity (Wildman–Crippen MR) is 89.2 cm³/mol. The van der Waals surface area contributed by atoms with E-state index in [9.17, 15) is 13.2 Å². The Kier molecular flexibility index (Phi) is 5.46. The van der Waals surface area contributed by atoms with E-state index >= 15 is 0 Å². The first-order chi connectivity index (χ1) is 10.7. The van der Waals surface area contributed by atoms with Crippen molar-refractivity contribution in [1.82, 2.24) is 9.97 Å². The molecule has 2 rings (SSSR count). The zero-order valence-corrected chi connectivity index (χ0v) is 14.8. The predicted octanol–water partition coefficient (Wildman–Crippen LogP) is 3.48. The first-order valence-corrected chi connectivity index (χ1v) is 9.05. The minimum absolute atomic E-state index is 0.0873. The summed E-state index contributed by atoms with van der Waals surface area (Å²) >= 11 is 17.7. The lowest BCUT2D eigenvalue weighted by Gasteiger charge is -2.09. The topological polar surface area (TPSA) is 89.0 Å². The number of halogens is 3. The van der Waals surface area contributed by atoms with E-state index in [-0.39, 0.29) is 27.2 Å². The molecule has 0 aliphatic heterocycles. The van der Waals surface area contributed by atoms with Gasteiger partial charge in [-0.25, -0.2) is 18.4 Å². The molecule has 1 N–H and O–H groups in total. The van der Waals surface area contributed by atoms with Crippen molar-refractivity contribution in [2.75, 3.05) is 11.1 Å². The van der Waals surface area contributed by atoms with Gasteiger partial charge in [-0.05, 0) is 18.2 Å². The largest absolute Gasteiger partial charge is 0.319 e. The van der Waals surface area contributed by atoms with Gasteiger partial charge in [-0.2, -0.15) is 0 Å². The molecule has 23 heavy (non-hydrogen) atoms. The molecule has 0 aliphatic carbocycles. The third-order valence-corrected chi connectivity index (χ3v) is 5.13. The summed E-state index contributed by atoms with van der Waals surface area (Å²) in [6.07, 6.45) is 1.06. The molecule has 122 valence electrons. The van der Waals surface area contributed by atoms with Crippen LogP contribution in [0.1, 0.15) is 17.4 Å². The van der Waals surface area contributed by atoms with Crippen LogP contribution < -0.4 is 5.32 Å². The fourth-order valence-corrected chi connectivity index (χ4v) is 2.78. The van der Waals surface area contributed by atoms with Crippen molar-refractivity contribution < 1.29 is 13.2 Å². The number of anilines is 1. The molecule has 0 radical (unpaired) electrons. The Bertz CT molecular complexity index is 872. The standard InChI is InChI=1S/C13H10Cl3N3O3S/c1-2-23(21,22)13-17-6-9(16)11(19-13)12(20)18-10-5-7(14)3-4-8(10)15/h3-6H,2H2,1H3,(H,18,20). The third-order valence-electron chi connectivity index (χ3n) is 2.77. The van der Waals surface area contributed by atoms with Gasteiger partial charge in [0.1, 0.15) is 0 Å². The molecule has 1 heterocycles. The van der Waals surface area contributed by atoms with Crippen molar-refractivity contribution in [3.63, 3.8) is 0 Å². The Balaban J connectivity index is 2.39. The number of carbonyl (C=O) groups is 1. The van der Waals surface area contributed by atoms with E-state index in [4.69, 9.17) is 34.8 Å². The van der Waals surface area contributed by atoms with Crippen LogP contribution in [-0.2, 0) is 9.84 Å². The molecule has 1 aromatic carbocycles. The van der Waals surface area contributed by atoms with Crippen LogP contribution in [0.2, 0.25) is 15.1 Å². The molecule has 0 unspecified atom stereocenters. The van der Waals surface area contributed by atoms with Crippen LogP contribution in [0.3, 0.4) is 0 Å². The quantitative estimate of drug-likeness (QED) is 0.802. The summed E-state index contributed by atoms with van der Waals surface area (Å²) in [6.45, 7) is 1.44. The molecule has 10 heteroatoms. The first-order valence-electron chi connectivity index (χ1n) is 6.26. The summed E-state index contributed by atoms with van der Waals surface area (Å²) in [6, 6.07) is 4.51. The van der Waals surface area contributed by atoms with E-state index in [1.165, 1.54) is 19.1 Å². The molecule has 0 fully saturated rings. The van der Waals surface area contributed by atoms with Crippen LogP contribution in [-0.4, -0.2) is 30.0 Å². The third kappa shape index (κ3) is 4.11. The Morgan fingerprint density at radius 3 is 2.57 bits per heavy atom. The van der Waals surface area contributed by atoms with Crippen molar-refractivity contribution in [3.8, 4) is 0 Å². The summed E-state index contributed by atoms with van der Waals surface area (Å²) in [5.41, 5.74) is -0.0246. The van der Waals surface area contributed by atoms with E-state index in [2.05, 4.69) is 15.3 Å². The van der Waals surface area contributed by atoms with Gasteiger partial charge in [-0.15, -0.1) is 0 Å². The molecule has 0 saturated carbocycles. The van der Waals surface area contributed by atoms with Gasteiger partial charge in [0.15, 0.2) is 5.69 Å². The number of hydrogen-bond donors (Lipinski definition) is 1. The van der Waals surface area contributed by atoms with E-state index in [0.29, 0.717) is 5.02 Å². The highest BCUT2D eigenvalue weighted by molar-refractivity contribution is 7.91. The lowest BCUT2D eigenvalue weighted by Crippen LogP contribution is -2.18. The summed E-state index contributed by atoms with van der Waals surface area (Å²) in [4.78, 5) is 19.7. The monoisotopic (exact) mass is 393 g/mol. The van der Waals surface area contributed by atoms with E-state index in [1.807, 2.05) is 0 Å². The molecule has 2 aromatic rings. The lowest BCUT2D eigenvalue weighted by molar-refractivity contribution is 0.102. The fraction of sp³-hybridized carbons (Fsp3) is 0.154. The Hall–Kier alpha value is -1.41. The van der Waals surface area contributed by atoms with Crippen LogP contribution in [0, 0.1) is 0 Å². The highest BCUT2D eigenvalue weighted by Gasteiger charge is 2.21. The second-order valence-electron chi connectivity index (χ2n) is 4.33. The molecule has 6 nitrogen and oxygen atoms in total. The fourth-order valence-electron chi connectivity index (χ4n) is 1.56. The van der Waals surface area contributed by atoms with Crippen molar-refractivity contribution in [3.05, 3.63) is 45.2 Å². The van der Waals surface area contributed by atoms with Gasteiger partial charge in [-0.3, -0.25) is 4.79 Å². The van der Waals surface area contributed by atoms with Gasteiger partial charge >= 0.3 is 0 Å². The first kappa shape index (κ1) is 17.9. The van der Waals surface area contributed by atoms with Gasteiger partial charge in [0, 0.05) is 5.02 Å². The molecule has 0 aliphatic rings. The number of sulfone groups is 1. The van der Waals surface area contributed by atoms with Crippen molar-refractivity contribution in [2.24, 2.45) is 0 Å². The van der Waals surface area contributed by atoms with Crippen molar-refractivity contribution >= 4 is 56.2 Å².